The summed E-state index contributed by atoms with van der Waals surface area (Å²) in [6.07, 6.45) is 0.743. The van der Waals surface area contributed by atoms with Gasteiger partial charge in [0.15, 0.2) is 0 Å². The zero-order valence-electron chi connectivity index (χ0n) is 21.0. The molecule has 2 aromatic carbocycles. The van der Waals surface area contributed by atoms with Gasteiger partial charge in [-0.1, -0.05) is 42.5 Å². The number of hydrogen-bond acceptors (Lipinski definition) is 6. The molecular weight excluding hydrogens is 474 g/mol. The summed E-state index contributed by atoms with van der Waals surface area (Å²) < 4.78 is 7.01. The van der Waals surface area contributed by atoms with Crippen LogP contribution in [0.4, 0.5) is 0 Å². The number of nitrogens with one attached hydrogen (secondary N) is 1. The second-order valence-electron chi connectivity index (χ2n) is 9.24. The van der Waals surface area contributed by atoms with Crippen LogP contribution in [0.25, 0.3) is 11.0 Å². The molecule has 8 nitrogen and oxygen atoms in total. The quantitative estimate of drug-likeness (QED) is 0.341. The number of rotatable bonds is 10. The SMILES string of the molecule is CCC(C)(C)NC(=O)[C@@H](c1cccc(OC)c1)N(Cc1cccs1)C(=O)Cn1nnc2ccccc21. The van der Waals surface area contributed by atoms with E-state index in [4.69, 9.17) is 4.74 Å². The summed E-state index contributed by atoms with van der Waals surface area (Å²) >= 11 is 1.54. The van der Waals surface area contributed by atoms with E-state index in [0.29, 0.717) is 16.8 Å². The zero-order chi connectivity index (χ0) is 25.7. The third kappa shape index (κ3) is 5.73. The molecule has 0 aliphatic carbocycles. The molecule has 0 saturated carbocycles. The average Bonchev–Trinajstić information content (AvgIpc) is 3.54. The Kier molecular flexibility index (Phi) is 7.69. The Morgan fingerprint density at radius 3 is 2.67 bits per heavy atom. The first-order valence-electron chi connectivity index (χ1n) is 11.9. The molecule has 4 aromatic rings. The first-order chi connectivity index (χ1) is 17.3. The number of amides is 2. The van der Waals surface area contributed by atoms with E-state index in [1.54, 1.807) is 28.0 Å². The van der Waals surface area contributed by atoms with Gasteiger partial charge in [-0.25, -0.2) is 4.68 Å². The lowest BCUT2D eigenvalue weighted by atomic mass is 9.98. The van der Waals surface area contributed by atoms with Crippen molar-refractivity contribution in [2.45, 2.75) is 51.9 Å². The summed E-state index contributed by atoms with van der Waals surface area (Å²) in [7, 11) is 1.58. The molecule has 2 heterocycles. The molecule has 0 bridgehead atoms. The van der Waals surface area contributed by atoms with Crippen molar-refractivity contribution in [2.75, 3.05) is 7.11 Å². The molecule has 1 N–H and O–H groups in total. The van der Waals surface area contributed by atoms with Crippen LogP contribution in [0.15, 0.2) is 66.0 Å². The van der Waals surface area contributed by atoms with Gasteiger partial charge in [0.25, 0.3) is 0 Å². The Morgan fingerprint density at radius 2 is 1.94 bits per heavy atom. The van der Waals surface area contributed by atoms with E-state index >= 15 is 0 Å². The highest BCUT2D eigenvalue weighted by Crippen LogP contribution is 2.29. The van der Waals surface area contributed by atoms with Crippen molar-refractivity contribution in [2.24, 2.45) is 0 Å². The first kappa shape index (κ1) is 25.4. The minimum absolute atomic E-state index is 0.0448. The minimum Gasteiger partial charge on any atom is -0.497 e. The molecule has 0 aliphatic rings. The van der Waals surface area contributed by atoms with Crippen LogP contribution in [0, 0.1) is 0 Å². The number of carbonyl (C=O) groups excluding carboxylic acids is 2. The van der Waals surface area contributed by atoms with Crippen LogP contribution in [0.1, 0.15) is 43.7 Å². The van der Waals surface area contributed by atoms with Crippen LogP contribution in [-0.2, 0) is 22.7 Å². The fourth-order valence-electron chi connectivity index (χ4n) is 3.92. The van der Waals surface area contributed by atoms with Gasteiger partial charge in [0.2, 0.25) is 11.8 Å². The van der Waals surface area contributed by atoms with Crippen LogP contribution in [0.3, 0.4) is 0 Å². The van der Waals surface area contributed by atoms with Crippen LogP contribution >= 0.6 is 11.3 Å². The number of thiophene rings is 1. The maximum atomic E-state index is 13.9. The number of benzene rings is 2. The van der Waals surface area contributed by atoms with Gasteiger partial charge in [-0.2, -0.15) is 0 Å². The van der Waals surface area contributed by atoms with Crippen LogP contribution in [0.5, 0.6) is 5.75 Å². The molecule has 0 unspecified atom stereocenters. The second kappa shape index (κ2) is 10.9. The van der Waals surface area contributed by atoms with Gasteiger partial charge >= 0.3 is 0 Å². The predicted octanol–water partition coefficient (Wildman–Crippen LogP) is 4.58. The number of hydrogen-bond donors (Lipinski definition) is 1. The topological polar surface area (TPSA) is 89.4 Å². The predicted molar refractivity (Wildman–Crippen MR) is 141 cm³/mol. The van der Waals surface area contributed by atoms with Crippen LogP contribution in [-0.4, -0.2) is 44.4 Å². The fraction of sp³-hybridized carbons (Fsp3) is 0.333. The maximum Gasteiger partial charge on any atom is 0.247 e. The second-order valence-corrected chi connectivity index (χ2v) is 10.3. The van der Waals surface area contributed by atoms with E-state index in [2.05, 4.69) is 15.6 Å². The zero-order valence-corrected chi connectivity index (χ0v) is 21.8. The number of ether oxygens (including phenoxy) is 1. The molecule has 2 aromatic heterocycles. The Hall–Kier alpha value is -3.72. The Labute approximate surface area is 214 Å². The molecule has 188 valence electrons. The third-order valence-electron chi connectivity index (χ3n) is 6.25. The average molecular weight is 506 g/mol. The Bertz CT molecular complexity index is 1330. The summed E-state index contributed by atoms with van der Waals surface area (Å²) in [4.78, 5) is 30.3. The van der Waals surface area contributed by atoms with Crippen molar-refractivity contribution < 1.29 is 14.3 Å². The standard InChI is InChI=1S/C27H31N5O3S/c1-5-27(2,3)28-26(34)25(19-10-8-11-20(16-19)35-4)31(17-21-12-9-15-36-21)24(33)18-32-23-14-7-6-13-22(23)29-30-32/h6-16,25H,5,17-18H2,1-4H3,(H,28,34)/t25-/m1/s1. The number of carbonyl (C=O) groups is 2. The number of para-hydroxylation sites is 1. The van der Waals surface area contributed by atoms with Gasteiger partial charge in [0.05, 0.1) is 19.2 Å². The lowest BCUT2D eigenvalue weighted by molar-refractivity contribution is -0.142. The Balaban J connectivity index is 1.76. The molecule has 0 saturated heterocycles. The lowest BCUT2D eigenvalue weighted by Gasteiger charge is -2.34. The summed E-state index contributed by atoms with van der Waals surface area (Å²) in [6, 6.07) is 17.8. The number of nitrogens with zero attached hydrogens (tertiary/aromatic N) is 4. The van der Waals surface area contributed by atoms with E-state index in [0.717, 1.165) is 16.8 Å². The highest BCUT2D eigenvalue weighted by molar-refractivity contribution is 7.09. The molecule has 0 radical (unpaired) electrons. The molecule has 36 heavy (non-hydrogen) atoms. The van der Waals surface area contributed by atoms with Gasteiger partial charge in [-0.3, -0.25) is 9.59 Å². The Morgan fingerprint density at radius 1 is 1.14 bits per heavy atom. The van der Waals surface area contributed by atoms with Crippen molar-refractivity contribution in [3.8, 4) is 5.75 Å². The van der Waals surface area contributed by atoms with E-state index in [-0.39, 0.29) is 24.9 Å². The maximum absolute atomic E-state index is 13.9. The molecular formula is C27H31N5O3S. The molecule has 4 rings (SSSR count). The smallest absolute Gasteiger partial charge is 0.247 e. The van der Waals surface area contributed by atoms with Gasteiger partial charge in [-0.05, 0) is 61.5 Å². The molecule has 1 atom stereocenters. The minimum atomic E-state index is -0.865. The molecule has 9 heteroatoms. The number of methoxy groups -OCH3 is 1. The normalized spacial score (nSPS) is 12.3. The first-order valence-corrected chi connectivity index (χ1v) is 12.8. The molecule has 0 aliphatic heterocycles. The number of aromatic nitrogens is 3. The summed E-state index contributed by atoms with van der Waals surface area (Å²) in [5.41, 5.74) is 1.71. The lowest BCUT2D eigenvalue weighted by Crippen LogP contribution is -2.50. The highest BCUT2D eigenvalue weighted by Gasteiger charge is 2.34. The monoisotopic (exact) mass is 505 g/mol. The van der Waals surface area contributed by atoms with Crippen molar-refractivity contribution in [3.63, 3.8) is 0 Å². The van der Waals surface area contributed by atoms with Gasteiger partial charge in [-0.15, -0.1) is 16.4 Å². The largest absolute Gasteiger partial charge is 0.497 e. The van der Waals surface area contributed by atoms with E-state index in [1.165, 1.54) is 0 Å². The van der Waals surface area contributed by atoms with E-state index < -0.39 is 11.6 Å². The highest BCUT2D eigenvalue weighted by atomic mass is 32.1. The molecule has 0 spiro atoms. The summed E-state index contributed by atoms with van der Waals surface area (Å²) in [6.45, 7) is 6.20. The van der Waals surface area contributed by atoms with E-state index in [9.17, 15) is 9.59 Å². The van der Waals surface area contributed by atoms with Crippen molar-refractivity contribution >= 4 is 34.2 Å². The van der Waals surface area contributed by atoms with Gasteiger partial charge in [0.1, 0.15) is 23.9 Å². The molecule has 0 fully saturated rings. The van der Waals surface area contributed by atoms with Crippen molar-refractivity contribution in [1.29, 1.82) is 0 Å². The van der Waals surface area contributed by atoms with Crippen LogP contribution < -0.4 is 10.1 Å². The van der Waals surface area contributed by atoms with Gasteiger partial charge < -0.3 is 15.0 Å². The van der Waals surface area contributed by atoms with Crippen LogP contribution in [0.2, 0.25) is 0 Å². The van der Waals surface area contributed by atoms with E-state index in [1.807, 2.05) is 86.8 Å². The van der Waals surface area contributed by atoms with Crippen molar-refractivity contribution in [3.05, 3.63) is 76.5 Å². The third-order valence-corrected chi connectivity index (χ3v) is 7.11. The van der Waals surface area contributed by atoms with Crippen molar-refractivity contribution in [1.82, 2.24) is 25.2 Å². The fourth-order valence-corrected chi connectivity index (χ4v) is 4.62. The molecule has 2 amide bonds. The summed E-state index contributed by atoms with van der Waals surface area (Å²) in [5.74, 6) is 0.130. The number of fused-ring (bicyclic) bond motifs is 1. The van der Waals surface area contributed by atoms with Gasteiger partial charge in [0, 0.05) is 10.4 Å². The summed E-state index contributed by atoms with van der Waals surface area (Å²) in [5, 5.41) is 13.5.